The summed E-state index contributed by atoms with van der Waals surface area (Å²) in [5.74, 6) is -2.39. The first-order chi connectivity index (χ1) is 9.85. The van der Waals surface area contributed by atoms with E-state index >= 15 is 0 Å². The lowest BCUT2D eigenvalue weighted by Gasteiger charge is -2.30. The van der Waals surface area contributed by atoms with Gasteiger partial charge in [-0.15, -0.1) is 0 Å². The van der Waals surface area contributed by atoms with Crippen molar-refractivity contribution in [1.82, 2.24) is 4.72 Å². The zero-order valence-electron chi connectivity index (χ0n) is 11.4. The summed E-state index contributed by atoms with van der Waals surface area (Å²) in [7, 11) is -4.16. The van der Waals surface area contributed by atoms with Gasteiger partial charge in [0.25, 0.3) is 0 Å². The topological polar surface area (TPSA) is 92.4 Å². The van der Waals surface area contributed by atoms with Crippen LogP contribution in [0, 0.1) is 17.6 Å². The van der Waals surface area contributed by atoms with Crippen molar-refractivity contribution in [3.05, 3.63) is 23.8 Å². The number of halogens is 2. The summed E-state index contributed by atoms with van der Waals surface area (Å²) in [6.07, 6.45) is 3.03. The van der Waals surface area contributed by atoms with Gasteiger partial charge >= 0.3 is 0 Å². The summed E-state index contributed by atoms with van der Waals surface area (Å²) in [6, 6.07) is 0.761. The van der Waals surface area contributed by atoms with Crippen LogP contribution < -0.4 is 10.5 Å². The molecule has 1 saturated carbocycles. The minimum Gasteiger partial charge on any atom is -0.396 e. The van der Waals surface area contributed by atoms with Crippen molar-refractivity contribution in [3.63, 3.8) is 0 Å². The quantitative estimate of drug-likeness (QED) is 0.731. The Bertz CT molecular complexity index is 622. The summed E-state index contributed by atoms with van der Waals surface area (Å²) in [6.45, 7) is -0.138. The molecule has 5 nitrogen and oxygen atoms in total. The molecule has 2 atom stereocenters. The molecule has 8 heteroatoms. The molecular weight excluding hydrogens is 302 g/mol. The smallest absolute Gasteiger partial charge is 0.243 e. The van der Waals surface area contributed by atoms with Gasteiger partial charge in [-0.1, -0.05) is 12.8 Å². The molecule has 1 aliphatic rings. The molecule has 0 saturated heterocycles. The van der Waals surface area contributed by atoms with E-state index in [4.69, 9.17) is 5.73 Å². The van der Waals surface area contributed by atoms with Gasteiger partial charge < -0.3 is 10.8 Å². The molecule has 0 aliphatic heterocycles. The van der Waals surface area contributed by atoms with Gasteiger partial charge in [-0.3, -0.25) is 0 Å². The lowest BCUT2D eigenvalue weighted by Crippen LogP contribution is -2.43. The van der Waals surface area contributed by atoms with Crippen LogP contribution in [0.5, 0.6) is 0 Å². The SMILES string of the molecule is Nc1cc(S(=O)(=O)NC2CCCCC2CO)c(F)cc1F. The number of nitrogens with two attached hydrogens (primary N) is 1. The number of benzene rings is 1. The average molecular weight is 320 g/mol. The normalized spacial score (nSPS) is 23.2. The van der Waals surface area contributed by atoms with Crippen LogP contribution in [0.25, 0.3) is 0 Å². The number of anilines is 1. The monoisotopic (exact) mass is 320 g/mol. The predicted octanol–water partition coefficient (Wildman–Crippen LogP) is 1.38. The second kappa shape index (κ2) is 6.25. The molecular formula is C13H18F2N2O3S. The fraction of sp³-hybridized carbons (Fsp3) is 0.538. The van der Waals surface area contributed by atoms with Crippen LogP contribution in [0.2, 0.25) is 0 Å². The maximum absolute atomic E-state index is 13.7. The van der Waals surface area contributed by atoms with Gasteiger partial charge in [0.1, 0.15) is 16.5 Å². The zero-order chi connectivity index (χ0) is 15.6. The van der Waals surface area contributed by atoms with Crippen LogP contribution in [0.1, 0.15) is 25.7 Å². The summed E-state index contributed by atoms with van der Waals surface area (Å²) in [5, 5.41) is 9.29. The first-order valence-electron chi connectivity index (χ1n) is 6.73. The minimum absolute atomic E-state index is 0.138. The van der Waals surface area contributed by atoms with Gasteiger partial charge in [0, 0.05) is 18.7 Å². The second-order valence-electron chi connectivity index (χ2n) is 5.26. The highest BCUT2D eigenvalue weighted by molar-refractivity contribution is 7.89. The third-order valence-electron chi connectivity index (χ3n) is 3.79. The molecule has 0 spiro atoms. The van der Waals surface area contributed by atoms with E-state index < -0.39 is 38.3 Å². The maximum Gasteiger partial charge on any atom is 0.243 e. The highest BCUT2D eigenvalue weighted by Gasteiger charge is 2.30. The lowest BCUT2D eigenvalue weighted by molar-refractivity contribution is 0.164. The molecule has 1 aromatic rings. The first-order valence-corrected chi connectivity index (χ1v) is 8.21. The number of nitrogens with one attached hydrogen (secondary N) is 1. The van der Waals surface area contributed by atoms with Crippen LogP contribution >= 0.6 is 0 Å². The van der Waals surface area contributed by atoms with Crippen molar-refractivity contribution in [2.45, 2.75) is 36.6 Å². The number of rotatable bonds is 4. The summed E-state index contributed by atoms with van der Waals surface area (Å²) in [5.41, 5.74) is 4.87. The van der Waals surface area contributed by atoms with E-state index in [0.29, 0.717) is 18.9 Å². The molecule has 4 N–H and O–H groups in total. The second-order valence-corrected chi connectivity index (χ2v) is 6.94. The Kier molecular flexibility index (Phi) is 4.80. The molecule has 1 aromatic carbocycles. The largest absolute Gasteiger partial charge is 0.396 e. The first kappa shape index (κ1) is 16.1. The molecule has 0 radical (unpaired) electrons. The number of hydrogen-bond acceptors (Lipinski definition) is 4. The fourth-order valence-corrected chi connectivity index (χ4v) is 4.03. The van der Waals surface area contributed by atoms with Crippen LogP contribution in [0.4, 0.5) is 14.5 Å². The Morgan fingerprint density at radius 2 is 1.90 bits per heavy atom. The molecule has 0 heterocycles. The molecule has 2 rings (SSSR count). The molecule has 2 unspecified atom stereocenters. The van der Waals surface area contributed by atoms with Gasteiger partial charge in [0.2, 0.25) is 10.0 Å². The summed E-state index contributed by atoms with van der Waals surface area (Å²) < 4.78 is 53.7. The highest BCUT2D eigenvalue weighted by atomic mass is 32.2. The molecule has 0 aromatic heterocycles. The van der Waals surface area contributed by atoms with E-state index in [2.05, 4.69) is 4.72 Å². The number of hydrogen-bond donors (Lipinski definition) is 3. The van der Waals surface area contributed by atoms with E-state index in [1.807, 2.05) is 0 Å². The summed E-state index contributed by atoms with van der Waals surface area (Å²) >= 11 is 0. The number of aliphatic hydroxyl groups is 1. The maximum atomic E-state index is 13.7. The molecule has 21 heavy (non-hydrogen) atoms. The van der Waals surface area contributed by atoms with E-state index in [1.165, 1.54) is 0 Å². The Labute approximate surface area is 122 Å². The van der Waals surface area contributed by atoms with Crippen LogP contribution in [-0.2, 0) is 10.0 Å². The van der Waals surface area contributed by atoms with Crippen molar-refractivity contribution in [2.24, 2.45) is 5.92 Å². The lowest BCUT2D eigenvalue weighted by atomic mass is 9.86. The minimum atomic E-state index is -4.16. The third kappa shape index (κ3) is 3.50. The predicted molar refractivity (Wildman–Crippen MR) is 73.9 cm³/mol. The van der Waals surface area contributed by atoms with Crippen molar-refractivity contribution in [3.8, 4) is 0 Å². The van der Waals surface area contributed by atoms with Crippen molar-refractivity contribution < 1.29 is 22.3 Å². The van der Waals surface area contributed by atoms with Gasteiger partial charge in [0.15, 0.2) is 0 Å². The Hall–Kier alpha value is -1.25. The number of sulfonamides is 1. The molecule has 1 fully saturated rings. The Morgan fingerprint density at radius 3 is 2.57 bits per heavy atom. The number of aliphatic hydroxyl groups excluding tert-OH is 1. The van der Waals surface area contributed by atoms with Crippen molar-refractivity contribution in [1.29, 1.82) is 0 Å². The van der Waals surface area contributed by atoms with Gasteiger partial charge in [-0.05, 0) is 24.8 Å². The highest BCUT2D eigenvalue weighted by Crippen LogP contribution is 2.27. The average Bonchev–Trinajstić information content (AvgIpc) is 2.43. The van der Waals surface area contributed by atoms with Crippen LogP contribution in [-0.4, -0.2) is 26.2 Å². The standard InChI is InChI=1S/C13H18F2N2O3S/c14-9-5-10(15)13(6-11(9)16)21(19,20)17-12-4-2-1-3-8(12)7-18/h5-6,8,12,17-18H,1-4,7,16H2. The Balaban J connectivity index is 2.28. The van der Waals surface area contributed by atoms with Gasteiger partial charge in [0.05, 0.1) is 5.69 Å². The Morgan fingerprint density at radius 1 is 1.24 bits per heavy atom. The molecule has 1 aliphatic carbocycles. The number of nitrogen functional groups attached to an aromatic ring is 1. The van der Waals surface area contributed by atoms with Gasteiger partial charge in [-0.25, -0.2) is 21.9 Å². The third-order valence-corrected chi connectivity index (χ3v) is 5.30. The van der Waals surface area contributed by atoms with Gasteiger partial charge in [-0.2, -0.15) is 0 Å². The van der Waals surface area contributed by atoms with Crippen molar-refractivity contribution in [2.75, 3.05) is 12.3 Å². The van der Waals surface area contributed by atoms with E-state index in [0.717, 1.165) is 18.9 Å². The van der Waals surface area contributed by atoms with Crippen LogP contribution in [0.3, 0.4) is 0 Å². The molecule has 0 bridgehead atoms. The van der Waals surface area contributed by atoms with Crippen molar-refractivity contribution >= 4 is 15.7 Å². The van der Waals surface area contributed by atoms with Crippen LogP contribution in [0.15, 0.2) is 17.0 Å². The zero-order valence-corrected chi connectivity index (χ0v) is 12.2. The molecule has 0 amide bonds. The fourth-order valence-electron chi connectivity index (χ4n) is 2.59. The summed E-state index contributed by atoms with van der Waals surface area (Å²) in [4.78, 5) is -0.677. The van der Waals surface area contributed by atoms with E-state index in [1.54, 1.807) is 0 Å². The van der Waals surface area contributed by atoms with E-state index in [9.17, 15) is 22.3 Å². The van der Waals surface area contributed by atoms with E-state index in [-0.39, 0.29) is 12.5 Å². The molecule has 118 valence electrons.